The number of benzene rings is 1. The van der Waals surface area contributed by atoms with Crippen LogP contribution in [0.5, 0.6) is 0 Å². The lowest BCUT2D eigenvalue weighted by molar-refractivity contribution is -0.258. The number of H-pyrrole nitrogens is 1. The van der Waals surface area contributed by atoms with Crippen molar-refractivity contribution in [1.82, 2.24) is 4.98 Å². The molecule has 0 radical (unpaired) electrons. The number of rotatable bonds is 3. The van der Waals surface area contributed by atoms with Crippen LogP contribution in [0.3, 0.4) is 0 Å². The molecular weight excluding hydrogens is 355 g/mol. The fraction of sp³-hybridized carbons (Fsp3) is 0.412. The molecule has 0 bridgehead atoms. The molecule has 1 aliphatic rings. The van der Waals surface area contributed by atoms with Crippen molar-refractivity contribution in [3.8, 4) is 0 Å². The minimum absolute atomic E-state index is 0.110. The van der Waals surface area contributed by atoms with Crippen LogP contribution in [-0.2, 0) is 16.4 Å². The molecule has 1 N–H and O–H groups in total. The molecule has 130 valence electrons. The van der Waals surface area contributed by atoms with E-state index in [-0.39, 0.29) is 12.1 Å². The molecule has 7 heteroatoms. The van der Waals surface area contributed by atoms with Gasteiger partial charge in [0.15, 0.2) is 13.9 Å². The maximum atomic E-state index is 14.0. The first kappa shape index (κ1) is 17.6. The van der Waals surface area contributed by atoms with Gasteiger partial charge in [0.2, 0.25) is 0 Å². The number of fused-ring (bicyclic) bond motifs is 3. The summed E-state index contributed by atoms with van der Waals surface area (Å²) < 4.78 is 47.9. The van der Waals surface area contributed by atoms with Crippen molar-refractivity contribution in [2.45, 2.75) is 44.3 Å². The molecule has 1 atom stereocenters. The van der Waals surface area contributed by atoms with E-state index in [1.54, 1.807) is 37.8 Å². The second-order valence-corrected chi connectivity index (χ2v) is 11.9. The Hall–Kier alpha value is -1.24. The molecule has 0 aliphatic heterocycles. The number of hydrogen-bond donors (Lipinski definition) is 1. The summed E-state index contributed by atoms with van der Waals surface area (Å²) in [5.74, 6) is 0. The molecule has 0 amide bonds. The minimum Gasteiger partial charge on any atom is -0.399 e. The zero-order valence-electron chi connectivity index (χ0n) is 13.8. The van der Waals surface area contributed by atoms with Crippen LogP contribution in [0.2, 0.25) is 24.7 Å². The van der Waals surface area contributed by atoms with Gasteiger partial charge in [0.1, 0.15) is 0 Å². The van der Waals surface area contributed by atoms with Crippen molar-refractivity contribution >= 4 is 36.9 Å². The van der Waals surface area contributed by atoms with Gasteiger partial charge in [-0.15, -0.1) is 0 Å². The van der Waals surface area contributed by atoms with Crippen LogP contribution in [0.4, 0.5) is 13.2 Å². The quantitative estimate of drug-likeness (QED) is 0.654. The van der Waals surface area contributed by atoms with Gasteiger partial charge in [-0.05, 0) is 50.2 Å². The predicted octanol–water partition coefficient (Wildman–Crippen LogP) is 6.02. The van der Waals surface area contributed by atoms with Crippen molar-refractivity contribution < 1.29 is 17.6 Å². The minimum atomic E-state index is -4.49. The van der Waals surface area contributed by atoms with E-state index in [2.05, 4.69) is 11.6 Å². The summed E-state index contributed by atoms with van der Waals surface area (Å²) >= 11 is 6.20. The average molecular weight is 374 g/mol. The monoisotopic (exact) mass is 373 g/mol. The highest BCUT2D eigenvalue weighted by molar-refractivity contribution is 6.69. The maximum absolute atomic E-state index is 14.0. The lowest BCUT2D eigenvalue weighted by atomic mass is 10.0. The van der Waals surface area contributed by atoms with Crippen LogP contribution in [-0.4, -0.2) is 19.5 Å². The van der Waals surface area contributed by atoms with Crippen molar-refractivity contribution in [2.75, 3.05) is 0 Å². The molecule has 0 fully saturated rings. The molecule has 1 heterocycles. The highest BCUT2D eigenvalue weighted by Gasteiger charge is 2.62. The lowest BCUT2D eigenvalue weighted by Gasteiger charge is -2.37. The number of alkyl halides is 3. The highest BCUT2D eigenvalue weighted by Crippen LogP contribution is 2.54. The molecule has 0 spiro atoms. The molecule has 1 aromatic heterocycles. The van der Waals surface area contributed by atoms with E-state index >= 15 is 0 Å². The third kappa shape index (κ3) is 2.52. The molecule has 1 unspecified atom stereocenters. The van der Waals surface area contributed by atoms with Crippen molar-refractivity contribution in [3.63, 3.8) is 0 Å². The van der Waals surface area contributed by atoms with E-state index in [0.717, 1.165) is 5.39 Å². The van der Waals surface area contributed by atoms with Gasteiger partial charge in [-0.3, -0.25) is 0 Å². The van der Waals surface area contributed by atoms with Gasteiger partial charge in [-0.1, -0.05) is 24.3 Å². The summed E-state index contributed by atoms with van der Waals surface area (Å²) in [6.07, 6.45) is -2.72. The largest absolute Gasteiger partial charge is 0.422 e. The van der Waals surface area contributed by atoms with Crippen molar-refractivity contribution in [2.24, 2.45) is 0 Å². The Kier molecular flexibility index (Phi) is 3.94. The zero-order chi connectivity index (χ0) is 17.9. The third-order valence-corrected chi connectivity index (χ3v) is 5.62. The van der Waals surface area contributed by atoms with Gasteiger partial charge in [-0.2, -0.15) is 13.2 Å². The van der Waals surface area contributed by atoms with Crippen LogP contribution in [0.15, 0.2) is 18.7 Å². The van der Waals surface area contributed by atoms with E-state index in [0.29, 0.717) is 28.1 Å². The first-order valence-electron chi connectivity index (χ1n) is 7.73. The van der Waals surface area contributed by atoms with Crippen molar-refractivity contribution in [1.29, 1.82) is 0 Å². The summed E-state index contributed by atoms with van der Waals surface area (Å²) in [4.78, 5) is 2.97. The van der Waals surface area contributed by atoms with Gasteiger partial charge in [0.25, 0.3) is 0 Å². The van der Waals surface area contributed by atoms with Gasteiger partial charge in [0, 0.05) is 21.5 Å². The zero-order valence-corrected chi connectivity index (χ0v) is 15.5. The van der Waals surface area contributed by atoms with E-state index in [1.807, 2.05) is 0 Å². The predicted molar refractivity (Wildman–Crippen MR) is 93.9 cm³/mol. The lowest BCUT2D eigenvalue weighted by Crippen LogP contribution is -2.49. The smallest absolute Gasteiger partial charge is 0.399 e. The first-order valence-corrected chi connectivity index (χ1v) is 11.5. The second-order valence-electron chi connectivity index (χ2n) is 7.11. The molecular formula is C17H19ClF3NOSi. The van der Waals surface area contributed by atoms with E-state index < -0.39 is 20.1 Å². The Bertz CT molecular complexity index is 822. The van der Waals surface area contributed by atoms with E-state index in [4.69, 9.17) is 16.0 Å². The molecule has 1 aromatic carbocycles. The molecule has 2 aromatic rings. The van der Waals surface area contributed by atoms with Crippen LogP contribution in [0.1, 0.15) is 23.2 Å². The average Bonchev–Trinajstić information content (AvgIpc) is 2.95. The summed E-state index contributed by atoms with van der Waals surface area (Å²) in [5.41, 5.74) is -0.211. The molecule has 1 aliphatic carbocycles. The van der Waals surface area contributed by atoms with Gasteiger partial charge in [-0.25, -0.2) is 0 Å². The number of aromatic nitrogens is 1. The summed E-state index contributed by atoms with van der Waals surface area (Å²) in [6, 6.07) is 3.37. The Morgan fingerprint density at radius 3 is 2.54 bits per heavy atom. The number of nitrogens with one attached hydrogen (secondary N) is 1. The SMILES string of the molecule is C=Cc1c(Cl)ccc2[nH]c3c(c12)CCC3(O[Si](C)(C)C)C(F)(F)F. The van der Waals surface area contributed by atoms with Crippen molar-refractivity contribution in [3.05, 3.63) is 40.6 Å². The number of hydrogen-bond acceptors (Lipinski definition) is 1. The second kappa shape index (κ2) is 5.38. The third-order valence-electron chi connectivity index (χ3n) is 4.33. The maximum Gasteiger partial charge on any atom is 0.422 e. The van der Waals surface area contributed by atoms with Crippen LogP contribution in [0.25, 0.3) is 17.0 Å². The standard InChI is InChI=1S/C17H19ClF3NOSi/c1-5-10-12(18)6-7-13-14(10)11-8-9-16(15(11)22-13,17(19,20)21)23-24(2,3)4/h5-7,22H,1,8-9H2,2-4H3. The van der Waals surface area contributed by atoms with Gasteiger partial charge < -0.3 is 9.41 Å². The topological polar surface area (TPSA) is 25.0 Å². The first-order chi connectivity index (χ1) is 11.0. The van der Waals surface area contributed by atoms with Crippen LogP contribution in [0, 0.1) is 0 Å². The summed E-state index contributed by atoms with van der Waals surface area (Å²) in [7, 11) is -2.44. The van der Waals surface area contributed by atoms with Gasteiger partial charge in [0.05, 0.1) is 5.69 Å². The van der Waals surface area contributed by atoms with E-state index in [1.165, 1.54) is 0 Å². The molecule has 24 heavy (non-hydrogen) atoms. The number of aryl methyl sites for hydroxylation is 1. The Morgan fingerprint density at radius 2 is 2.00 bits per heavy atom. The normalized spacial score (nSPS) is 21.3. The van der Waals surface area contributed by atoms with Gasteiger partial charge >= 0.3 is 6.18 Å². The summed E-state index contributed by atoms with van der Waals surface area (Å²) in [6.45, 7) is 9.06. The number of halogens is 4. The fourth-order valence-corrected chi connectivity index (χ4v) is 5.14. The summed E-state index contributed by atoms with van der Waals surface area (Å²) in [5, 5.41) is 1.20. The molecule has 0 saturated carbocycles. The molecule has 0 saturated heterocycles. The Labute approximate surface area is 144 Å². The fourth-order valence-electron chi connectivity index (χ4n) is 3.54. The molecule has 3 rings (SSSR count). The molecule has 2 nitrogen and oxygen atoms in total. The highest BCUT2D eigenvalue weighted by atomic mass is 35.5. The Morgan fingerprint density at radius 1 is 1.33 bits per heavy atom. The van der Waals surface area contributed by atoms with Crippen LogP contribution < -0.4 is 0 Å². The Balaban J connectivity index is 2.31. The number of aromatic amines is 1. The van der Waals surface area contributed by atoms with E-state index in [9.17, 15) is 13.2 Å². The van der Waals surface area contributed by atoms with Crippen LogP contribution >= 0.6 is 11.6 Å².